The Balaban J connectivity index is 1.77. The fraction of sp³-hybridized carbons (Fsp3) is 0.684. The first kappa shape index (κ1) is 17.1. The number of hydrogen-bond donors (Lipinski definition) is 2. The molecule has 0 radical (unpaired) electrons. The van der Waals surface area contributed by atoms with Crippen molar-refractivity contribution in [1.82, 2.24) is 9.88 Å². The predicted octanol–water partition coefficient (Wildman–Crippen LogP) is 3.59. The highest BCUT2D eigenvalue weighted by atomic mass is 16.4. The van der Waals surface area contributed by atoms with E-state index in [4.69, 9.17) is 0 Å². The van der Waals surface area contributed by atoms with Crippen LogP contribution in [0.4, 0.5) is 0 Å². The monoisotopic (exact) mass is 332 g/mol. The molecule has 5 heteroatoms. The van der Waals surface area contributed by atoms with E-state index < -0.39 is 11.9 Å². The molecule has 1 amide bonds. The molecule has 24 heavy (non-hydrogen) atoms. The first-order valence-electron chi connectivity index (χ1n) is 9.21. The summed E-state index contributed by atoms with van der Waals surface area (Å²) in [7, 11) is 0. The van der Waals surface area contributed by atoms with E-state index in [1.54, 1.807) is 0 Å². The Bertz CT molecular complexity index is 629. The molecular formula is C19H28N2O3. The van der Waals surface area contributed by atoms with Crippen LogP contribution < -0.4 is 5.32 Å². The lowest BCUT2D eigenvalue weighted by Crippen LogP contribution is -2.40. The number of aryl methyl sites for hydroxylation is 1. The zero-order valence-corrected chi connectivity index (χ0v) is 14.7. The number of aromatic nitrogens is 1. The van der Waals surface area contributed by atoms with E-state index in [0.717, 1.165) is 24.2 Å². The molecule has 2 aliphatic rings. The molecule has 3 rings (SSSR count). The lowest BCUT2D eigenvalue weighted by atomic mass is 9.95. The van der Waals surface area contributed by atoms with Gasteiger partial charge in [-0.3, -0.25) is 9.59 Å². The van der Waals surface area contributed by atoms with E-state index >= 15 is 0 Å². The molecule has 0 aliphatic heterocycles. The van der Waals surface area contributed by atoms with Crippen molar-refractivity contribution in [2.24, 2.45) is 5.92 Å². The Labute approximate surface area is 143 Å². The van der Waals surface area contributed by atoms with Gasteiger partial charge in [0.25, 0.3) is 5.91 Å². The van der Waals surface area contributed by atoms with E-state index in [0.29, 0.717) is 18.0 Å². The quantitative estimate of drug-likeness (QED) is 0.885. The zero-order chi connectivity index (χ0) is 17.3. The van der Waals surface area contributed by atoms with E-state index in [1.807, 2.05) is 13.0 Å². The molecule has 0 aromatic carbocycles. The summed E-state index contributed by atoms with van der Waals surface area (Å²) in [4.78, 5) is 24.0. The van der Waals surface area contributed by atoms with Gasteiger partial charge in [0.2, 0.25) is 0 Å². The van der Waals surface area contributed by atoms with Crippen molar-refractivity contribution in [3.8, 4) is 0 Å². The average molecular weight is 332 g/mol. The van der Waals surface area contributed by atoms with Crippen molar-refractivity contribution < 1.29 is 14.7 Å². The lowest BCUT2D eigenvalue weighted by Gasteiger charge is -2.26. The number of amides is 1. The van der Waals surface area contributed by atoms with Crippen LogP contribution in [0.2, 0.25) is 0 Å². The first-order chi connectivity index (χ1) is 11.5. The Hall–Kier alpha value is -1.78. The third kappa shape index (κ3) is 3.21. The second-order valence-corrected chi connectivity index (χ2v) is 7.40. The van der Waals surface area contributed by atoms with Crippen molar-refractivity contribution in [2.45, 2.75) is 77.3 Å². The summed E-state index contributed by atoms with van der Waals surface area (Å²) in [5, 5.41) is 12.3. The fourth-order valence-corrected chi connectivity index (χ4v) is 4.58. The van der Waals surface area contributed by atoms with Crippen molar-refractivity contribution >= 4 is 11.9 Å². The van der Waals surface area contributed by atoms with E-state index in [9.17, 15) is 14.7 Å². The van der Waals surface area contributed by atoms with Crippen LogP contribution in [0.5, 0.6) is 0 Å². The minimum absolute atomic E-state index is 0.122. The number of carboxylic acid groups (broad SMARTS) is 1. The Kier molecular flexibility index (Phi) is 4.97. The van der Waals surface area contributed by atoms with Gasteiger partial charge < -0.3 is 15.0 Å². The topological polar surface area (TPSA) is 71.3 Å². The molecule has 2 fully saturated rings. The molecule has 1 heterocycles. The molecule has 0 unspecified atom stereocenters. The predicted molar refractivity (Wildman–Crippen MR) is 92.3 cm³/mol. The largest absolute Gasteiger partial charge is 0.481 e. The Morgan fingerprint density at radius 2 is 1.79 bits per heavy atom. The van der Waals surface area contributed by atoms with E-state index in [2.05, 4.69) is 16.8 Å². The molecule has 2 saturated carbocycles. The van der Waals surface area contributed by atoms with E-state index in [1.165, 1.54) is 32.1 Å². The van der Waals surface area contributed by atoms with Gasteiger partial charge in [-0.1, -0.05) is 25.7 Å². The molecule has 1 aromatic heterocycles. The highest BCUT2D eigenvalue weighted by Gasteiger charge is 2.34. The number of nitrogens with zero attached hydrogens (tertiary/aromatic N) is 1. The maximum Gasteiger partial charge on any atom is 0.308 e. The summed E-state index contributed by atoms with van der Waals surface area (Å²) in [5.74, 6) is -1.37. The van der Waals surface area contributed by atoms with Crippen molar-refractivity contribution in [1.29, 1.82) is 0 Å². The zero-order valence-electron chi connectivity index (χ0n) is 14.7. The number of hydrogen-bond acceptors (Lipinski definition) is 2. The first-order valence-corrected chi connectivity index (χ1v) is 9.21. The Morgan fingerprint density at radius 1 is 1.08 bits per heavy atom. The van der Waals surface area contributed by atoms with Crippen LogP contribution in [0.25, 0.3) is 0 Å². The average Bonchev–Trinajstić information content (AvgIpc) is 3.12. The van der Waals surface area contributed by atoms with Gasteiger partial charge in [-0.25, -0.2) is 0 Å². The third-order valence-corrected chi connectivity index (χ3v) is 5.82. The maximum absolute atomic E-state index is 12.7. The van der Waals surface area contributed by atoms with Gasteiger partial charge in [0.1, 0.15) is 0 Å². The van der Waals surface area contributed by atoms with Crippen LogP contribution >= 0.6 is 0 Å². The van der Waals surface area contributed by atoms with Crippen molar-refractivity contribution in [3.05, 3.63) is 23.0 Å². The second kappa shape index (κ2) is 6.99. The van der Waals surface area contributed by atoms with Crippen LogP contribution in [0.1, 0.15) is 79.2 Å². The van der Waals surface area contributed by atoms with Gasteiger partial charge in [0.15, 0.2) is 0 Å². The second-order valence-electron chi connectivity index (χ2n) is 7.40. The van der Waals surface area contributed by atoms with Gasteiger partial charge in [-0.2, -0.15) is 0 Å². The van der Waals surface area contributed by atoms with Gasteiger partial charge in [0, 0.05) is 23.5 Å². The molecule has 5 nitrogen and oxygen atoms in total. The standard InChI is InChI=1S/C19H28N2O3/c1-12-11-16(13(2)21(12)14-7-4-3-5-8-14)18(22)20-17-10-6-9-15(17)19(23)24/h11,14-15,17H,3-10H2,1-2H3,(H,20,22)(H,23,24)/t15-,17+/m0/s1. The highest BCUT2D eigenvalue weighted by Crippen LogP contribution is 2.32. The number of carboxylic acids is 1. The molecule has 132 valence electrons. The summed E-state index contributed by atoms with van der Waals surface area (Å²) in [6.07, 6.45) is 8.45. The number of carbonyl (C=O) groups is 2. The van der Waals surface area contributed by atoms with Crippen molar-refractivity contribution in [2.75, 3.05) is 0 Å². The summed E-state index contributed by atoms with van der Waals surface area (Å²) >= 11 is 0. The SMILES string of the molecule is Cc1cc(C(=O)N[C@@H]2CCC[C@@H]2C(=O)O)c(C)n1C1CCCCC1. The van der Waals surface area contributed by atoms with Crippen LogP contribution in [0, 0.1) is 19.8 Å². The molecular weight excluding hydrogens is 304 g/mol. The minimum atomic E-state index is -0.800. The molecule has 0 spiro atoms. The molecule has 2 atom stereocenters. The van der Waals surface area contributed by atoms with Gasteiger partial charge in [-0.05, 0) is 45.6 Å². The number of nitrogens with one attached hydrogen (secondary N) is 1. The molecule has 0 saturated heterocycles. The number of carbonyl (C=O) groups excluding carboxylic acids is 1. The Morgan fingerprint density at radius 3 is 2.46 bits per heavy atom. The number of rotatable bonds is 4. The van der Waals surface area contributed by atoms with E-state index in [-0.39, 0.29) is 11.9 Å². The maximum atomic E-state index is 12.7. The smallest absolute Gasteiger partial charge is 0.308 e. The molecule has 2 N–H and O–H groups in total. The summed E-state index contributed by atoms with van der Waals surface area (Å²) < 4.78 is 2.32. The minimum Gasteiger partial charge on any atom is -0.481 e. The molecule has 1 aromatic rings. The normalized spacial score (nSPS) is 24.9. The molecule has 2 aliphatic carbocycles. The third-order valence-electron chi connectivity index (χ3n) is 5.82. The van der Waals surface area contributed by atoms with Crippen LogP contribution in [-0.4, -0.2) is 27.6 Å². The molecule has 0 bridgehead atoms. The highest BCUT2D eigenvalue weighted by molar-refractivity contribution is 5.96. The van der Waals surface area contributed by atoms with Crippen LogP contribution in [0.3, 0.4) is 0 Å². The van der Waals surface area contributed by atoms with Gasteiger partial charge in [-0.15, -0.1) is 0 Å². The van der Waals surface area contributed by atoms with Crippen molar-refractivity contribution in [3.63, 3.8) is 0 Å². The summed E-state index contributed by atoms with van der Waals surface area (Å²) in [6.45, 7) is 4.08. The lowest BCUT2D eigenvalue weighted by molar-refractivity contribution is -0.142. The summed E-state index contributed by atoms with van der Waals surface area (Å²) in [6, 6.07) is 2.22. The fourth-order valence-electron chi connectivity index (χ4n) is 4.58. The van der Waals surface area contributed by atoms with Gasteiger partial charge >= 0.3 is 5.97 Å². The van der Waals surface area contributed by atoms with Crippen LogP contribution in [0.15, 0.2) is 6.07 Å². The summed E-state index contributed by atoms with van der Waals surface area (Å²) in [5.41, 5.74) is 2.85. The van der Waals surface area contributed by atoms with Crippen LogP contribution in [-0.2, 0) is 4.79 Å². The number of aliphatic carboxylic acids is 1. The van der Waals surface area contributed by atoms with Gasteiger partial charge in [0.05, 0.1) is 11.5 Å².